The van der Waals surface area contributed by atoms with Gasteiger partial charge in [-0.25, -0.2) is 15.0 Å². The molecule has 0 saturated heterocycles. The minimum Gasteiger partial charge on any atom is -0.444 e. The monoisotopic (exact) mass is 419 g/mol. The van der Waals surface area contributed by atoms with Crippen LogP contribution in [0.2, 0.25) is 0 Å². The summed E-state index contributed by atoms with van der Waals surface area (Å²) in [6.45, 7) is 1.86. The van der Waals surface area contributed by atoms with E-state index in [0.717, 1.165) is 36.8 Å². The Morgan fingerprint density at radius 2 is 1.74 bits per heavy atom. The first-order valence-corrected chi connectivity index (χ1v) is 10.5. The fourth-order valence-corrected chi connectivity index (χ4v) is 3.94. The maximum atomic E-state index is 13.3. The second-order valence-electron chi connectivity index (χ2n) is 7.74. The lowest BCUT2D eigenvalue weighted by Gasteiger charge is -2.30. The fraction of sp³-hybridized carbons (Fsp3) is 0.348. The SMILES string of the molecule is CC(c1cncnc1)N(C(=O)C(=O)NC1CCCCC1)c1ccc(-c2cnco2)cc1. The first-order valence-electron chi connectivity index (χ1n) is 10.5. The molecule has 0 bridgehead atoms. The summed E-state index contributed by atoms with van der Waals surface area (Å²) in [7, 11) is 0. The van der Waals surface area contributed by atoms with Crippen LogP contribution in [0.25, 0.3) is 11.3 Å². The Morgan fingerprint density at radius 1 is 1.03 bits per heavy atom. The summed E-state index contributed by atoms with van der Waals surface area (Å²) in [6.07, 6.45) is 12.9. The standard InChI is InChI=1S/C23H25N5O3/c1-16(18-11-24-14-25-12-18)28(23(30)22(29)27-19-5-3-2-4-6-19)20-9-7-17(8-10-20)21-13-26-15-31-21/h7-16,19H,2-6H2,1H3,(H,27,29). The number of carbonyl (C=O) groups excluding carboxylic acids is 2. The molecule has 1 aromatic carbocycles. The van der Waals surface area contributed by atoms with Crippen molar-refractivity contribution in [2.75, 3.05) is 4.90 Å². The third kappa shape index (κ3) is 4.79. The Bertz CT molecular complexity index is 999. The highest BCUT2D eigenvalue weighted by Gasteiger charge is 2.30. The van der Waals surface area contributed by atoms with E-state index in [4.69, 9.17) is 4.42 Å². The van der Waals surface area contributed by atoms with Crippen LogP contribution in [-0.4, -0.2) is 32.8 Å². The largest absolute Gasteiger partial charge is 0.444 e. The molecule has 1 unspecified atom stereocenters. The molecule has 0 spiro atoms. The van der Waals surface area contributed by atoms with Crippen LogP contribution in [-0.2, 0) is 9.59 Å². The van der Waals surface area contributed by atoms with E-state index in [0.29, 0.717) is 11.4 Å². The molecule has 31 heavy (non-hydrogen) atoms. The zero-order chi connectivity index (χ0) is 21.6. The maximum Gasteiger partial charge on any atom is 0.316 e. The van der Waals surface area contributed by atoms with Crippen LogP contribution in [0, 0.1) is 0 Å². The zero-order valence-electron chi connectivity index (χ0n) is 17.4. The Kier molecular flexibility index (Phi) is 6.35. The lowest BCUT2D eigenvalue weighted by atomic mass is 9.95. The van der Waals surface area contributed by atoms with Crippen LogP contribution in [0.3, 0.4) is 0 Å². The first kappa shape index (κ1) is 20.7. The van der Waals surface area contributed by atoms with Crippen LogP contribution in [0.15, 0.2) is 60.0 Å². The third-order valence-corrected chi connectivity index (χ3v) is 5.67. The number of anilines is 1. The van der Waals surface area contributed by atoms with Crippen molar-refractivity contribution in [3.8, 4) is 11.3 Å². The van der Waals surface area contributed by atoms with Gasteiger partial charge in [0.15, 0.2) is 12.2 Å². The number of aromatic nitrogens is 3. The number of hydrogen-bond donors (Lipinski definition) is 1. The minimum absolute atomic E-state index is 0.0521. The predicted molar refractivity (Wildman–Crippen MR) is 115 cm³/mol. The number of hydrogen-bond acceptors (Lipinski definition) is 6. The summed E-state index contributed by atoms with van der Waals surface area (Å²) in [5, 5.41) is 2.92. The van der Waals surface area contributed by atoms with Crippen LogP contribution < -0.4 is 10.2 Å². The lowest BCUT2D eigenvalue weighted by Crippen LogP contribution is -2.48. The van der Waals surface area contributed by atoms with Gasteiger partial charge in [0.25, 0.3) is 0 Å². The number of rotatable bonds is 5. The van der Waals surface area contributed by atoms with Crippen LogP contribution >= 0.6 is 0 Å². The van der Waals surface area contributed by atoms with E-state index in [-0.39, 0.29) is 6.04 Å². The number of oxazole rings is 1. The average Bonchev–Trinajstić information content (AvgIpc) is 3.36. The number of nitrogens with zero attached hydrogens (tertiary/aromatic N) is 4. The molecule has 3 aromatic rings. The number of nitrogens with one attached hydrogen (secondary N) is 1. The van der Waals surface area contributed by atoms with Crippen molar-refractivity contribution in [2.45, 2.75) is 51.1 Å². The van der Waals surface area contributed by atoms with E-state index < -0.39 is 17.9 Å². The Balaban J connectivity index is 1.61. The Morgan fingerprint density at radius 3 is 2.39 bits per heavy atom. The van der Waals surface area contributed by atoms with E-state index in [1.54, 1.807) is 30.7 Å². The van der Waals surface area contributed by atoms with E-state index >= 15 is 0 Å². The van der Waals surface area contributed by atoms with Gasteiger partial charge < -0.3 is 9.73 Å². The van der Waals surface area contributed by atoms with Gasteiger partial charge in [-0.1, -0.05) is 19.3 Å². The third-order valence-electron chi connectivity index (χ3n) is 5.67. The molecule has 0 radical (unpaired) electrons. The second-order valence-corrected chi connectivity index (χ2v) is 7.74. The fourth-order valence-electron chi connectivity index (χ4n) is 3.94. The smallest absolute Gasteiger partial charge is 0.316 e. The van der Waals surface area contributed by atoms with Crippen molar-refractivity contribution in [2.24, 2.45) is 0 Å². The summed E-state index contributed by atoms with van der Waals surface area (Å²) in [5.74, 6) is -0.562. The van der Waals surface area contributed by atoms with Gasteiger partial charge in [-0.2, -0.15) is 0 Å². The predicted octanol–water partition coefficient (Wildman–Crippen LogP) is 3.67. The summed E-state index contributed by atoms with van der Waals surface area (Å²) in [5.41, 5.74) is 2.17. The van der Waals surface area contributed by atoms with Crippen molar-refractivity contribution in [3.05, 3.63) is 61.1 Å². The topological polar surface area (TPSA) is 101 Å². The van der Waals surface area contributed by atoms with E-state index in [9.17, 15) is 9.59 Å². The normalized spacial score (nSPS) is 15.3. The van der Waals surface area contributed by atoms with Gasteiger partial charge in [0.2, 0.25) is 0 Å². The van der Waals surface area contributed by atoms with Gasteiger partial charge in [-0.05, 0) is 44.0 Å². The number of amides is 2. The highest BCUT2D eigenvalue weighted by Crippen LogP contribution is 2.29. The zero-order valence-corrected chi connectivity index (χ0v) is 17.4. The van der Waals surface area contributed by atoms with Crippen LogP contribution in [0.4, 0.5) is 5.69 Å². The average molecular weight is 419 g/mol. The van der Waals surface area contributed by atoms with Gasteiger partial charge in [0, 0.05) is 35.2 Å². The summed E-state index contributed by atoms with van der Waals surface area (Å²) >= 11 is 0. The van der Waals surface area contributed by atoms with E-state index in [2.05, 4.69) is 20.3 Å². The molecule has 8 heteroatoms. The molecule has 8 nitrogen and oxygen atoms in total. The van der Waals surface area contributed by atoms with Gasteiger partial charge in [-0.3, -0.25) is 14.5 Å². The second kappa shape index (κ2) is 9.51. The molecule has 1 aliphatic carbocycles. The molecule has 1 fully saturated rings. The summed E-state index contributed by atoms with van der Waals surface area (Å²) in [4.78, 5) is 39.7. The van der Waals surface area contributed by atoms with Crippen molar-refractivity contribution in [1.82, 2.24) is 20.3 Å². The molecule has 1 N–H and O–H groups in total. The molecule has 2 aromatic heterocycles. The van der Waals surface area contributed by atoms with Gasteiger partial charge in [-0.15, -0.1) is 0 Å². The molecule has 0 aliphatic heterocycles. The van der Waals surface area contributed by atoms with E-state index in [1.807, 2.05) is 19.1 Å². The molecule has 2 heterocycles. The van der Waals surface area contributed by atoms with Crippen LogP contribution in [0.5, 0.6) is 0 Å². The van der Waals surface area contributed by atoms with Gasteiger partial charge in [0.1, 0.15) is 6.33 Å². The van der Waals surface area contributed by atoms with Crippen LogP contribution in [0.1, 0.15) is 50.6 Å². The Hall–Kier alpha value is -3.55. The first-order chi connectivity index (χ1) is 15.1. The molecule has 1 atom stereocenters. The van der Waals surface area contributed by atoms with Gasteiger partial charge >= 0.3 is 11.8 Å². The molecule has 1 aliphatic rings. The van der Waals surface area contributed by atoms with Gasteiger partial charge in [0.05, 0.1) is 12.2 Å². The highest BCUT2D eigenvalue weighted by atomic mass is 16.3. The maximum absolute atomic E-state index is 13.3. The van der Waals surface area contributed by atoms with E-state index in [1.165, 1.54) is 24.0 Å². The molecular weight excluding hydrogens is 394 g/mol. The summed E-state index contributed by atoms with van der Waals surface area (Å²) in [6, 6.07) is 6.89. The number of carbonyl (C=O) groups is 2. The number of benzene rings is 1. The van der Waals surface area contributed by atoms with Crippen molar-refractivity contribution >= 4 is 17.5 Å². The molecule has 1 saturated carbocycles. The summed E-state index contributed by atoms with van der Waals surface area (Å²) < 4.78 is 5.33. The lowest BCUT2D eigenvalue weighted by molar-refractivity contribution is -0.138. The quantitative estimate of drug-likeness (QED) is 0.633. The van der Waals surface area contributed by atoms with Crippen molar-refractivity contribution in [3.63, 3.8) is 0 Å². The minimum atomic E-state index is -0.602. The molecule has 2 amide bonds. The molecular formula is C23H25N5O3. The molecule has 4 rings (SSSR count). The molecule has 160 valence electrons. The van der Waals surface area contributed by atoms with Crippen molar-refractivity contribution < 1.29 is 14.0 Å². The highest BCUT2D eigenvalue weighted by molar-refractivity contribution is 6.40. The van der Waals surface area contributed by atoms with Crippen molar-refractivity contribution in [1.29, 1.82) is 0 Å². The Labute approximate surface area is 180 Å².